The molecule has 2 atom stereocenters. The lowest BCUT2D eigenvalue weighted by molar-refractivity contribution is -0.0245. The molecule has 0 radical (unpaired) electrons. The fourth-order valence-electron chi connectivity index (χ4n) is 2.43. The minimum Gasteiger partial charge on any atom is -0.455 e. The number of furan rings is 1. The zero-order chi connectivity index (χ0) is 14.8. The van der Waals surface area contributed by atoms with E-state index in [1.807, 2.05) is 30.3 Å². The van der Waals surface area contributed by atoms with Gasteiger partial charge in [-0.2, -0.15) is 0 Å². The van der Waals surface area contributed by atoms with E-state index in [0.29, 0.717) is 5.39 Å². The molecule has 0 bridgehead atoms. The maximum absolute atomic E-state index is 13.7. The van der Waals surface area contributed by atoms with Crippen molar-refractivity contribution in [1.82, 2.24) is 0 Å². The molecule has 2 unspecified atom stereocenters. The van der Waals surface area contributed by atoms with Crippen molar-refractivity contribution in [3.8, 4) is 0 Å². The molecule has 0 aliphatic carbocycles. The van der Waals surface area contributed by atoms with Gasteiger partial charge in [0, 0.05) is 12.5 Å². The summed E-state index contributed by atoms with van der Waals surface area (Å²) in [5, 5.41) is 11.1. The molecule has 0 fully saturated rings. The van der Waals surface area contributed by atoms with Gasteiger partial charge in [-0.05, 0) is 17.7 Å². The Hall–Kier alpha value is -2.17. The van der Waals surface area contributed by atoms with E-state index in [4.69, 9.17) is 9.15 Å². The Balaban J connectivity index is 1.99. The Morgan fingerprint density at radius 2 is 1.86 bits per heavy atom. The second-order valence-corrected chi connectivity index (χ2v) is 4.82. The van der Waals surface area contributed by atoms with E-state index in [0.717, 1.165) is 5.56 Å². The fourth-order valence-corrected chi connectivity index (χ4v) is 2.43. The number of ether oxygens (including phenoxy) is 1. The molecule has 2 aromatic carbocycles. The van der Waals surface area contributed by atoms with Gasteiger partial charge in [0.1, 0.15) is 18.0 Å². The molecule has 3 rings (SSSR count). The average Bonchev–Trinajstić information content (AvgIpc) is 2.95. The third kappa shape index (κ3) is 2.55. The largest absolute Gasteiger partial charge is 0.455 e. The highest BCUT2D eigenvalue weighted by Gasteiger charge is 2.26. The van der Waals surface area contributed by atoms with Crippen LogP contribution in [0.1, 0.15) is 23.5 Å². The highest BCUT2D eigenvalue weighted by atomic mass is 19.1. The summed E-state index contributed by atoms with van der Waals surface area (Å²) in [6.07, 6.45) is -1.58. The van der Waals surface area contributed by atoms with E-state index in [9.17, 15) is 9.50 Å². The van der Waals surface area contributed by atoms with Gasteiger partial charge >= 0.3 is 0 Å². The Bertz CT molecular complexity index is 736. The van der Waals surface area contributed by atoms with Crippen LogP contribution in [0.15, 0.2) is 59.0 Å². The van der Waals surface area contributed by atoms with Gasteiger partial charge < -0.3 is 14.3 Å². The monoisotopic (exact) mass is 286 g/mol. The van der Waals surface area contributed by atoms with E-state index >= 15 is 0 Å². The number of aliphatic hydroxyl groups excluding tert-OH is 1. The predicted octanol–water partition coefficient (Wildman–Crippen LogP) is 3.99. The topological polar surface area (TPSA) is 42.6 Å². The molecule has 3 nitrogen and oxygen atoms in total. The van der Waals surface area contributed by atoms with Crippen LogP contribution in [0.3, 0.4) is 0 Å². The predicted molar refractivity (Wildman–Crippen MR) is 77.3 cm³/mol. The molecule has 0 saturated heterocycles. The van der Waals surface area contributed by atoms with Crippen LogP contribution >= 0.6 is 0 Å². The van der Waals surface area contributed by atoms with Gasteiger partial charge in [0.05, 0.1) is 0 Å². The normalized spacial score (nSPS) is 14.2. The summed E-state index contributed by atoms with van der Waals surface area (Å²) in [5.41, 5.74) is 0.975. The molecular weight excluding hydrogens is 271 g/mol. The third-order valence-corrected chi connectivity index (χ3v) is 3.48. The highest BCUT2D eigenvalue weighted by molar-refractivity contribution is 5.78. The number of para-hydroxylation sites is 1. The minimum absolute atomic E-state index is 0.148. The first-order valence-electron chi connectivity index (χ1n) is 6.64. The van der Waals surface area contributed by atoms with Crippen molar-refractivity contribution in [2.75, 3.05) is 7.11 Å². The number of benzene rings is 2. The van der Waals surface area contributed by atoms with E-state index in [2.05, 4.69) is 0 Å². The van der Waals surface area contributed by atoms with Crippen molar-refractivity contribution in [2.45, 2.75) is 12.2 Å². The van der Waals surface area contributed by atoms with Gasteiger partial charge in [0.15, 0.2) is 11.4 Å². The highest BCUT2D eigenvalue weighted by Crippen LogP contribution is 2.34. The zero-order valence-corrected chi connectivity index (χ0v) is 11.5. The lowest BCUT2D eigenvalue weighted by Crippen LogP contribution is -2.12. The summed E-state index contributed by atoms with van der Waals surface area (Å²) >= 11 is 0. The first-order chi connectivity index (χ1) is 10.2. The molecule has 1 N–H and O–H groups in total. The Labute approximate surface area is 121 Å². The Morgan fingerprint density at radius 1 is 1.10 bits per heavy atom. The van der Waals surface area contributed by atoms with Crippen molar-refractivity contribution in [1.29, 1.82) is 0 Å². The van der Waals surface area contributed by atoms with Gasteiger partial charge in [-0.25, -0.2) is 4.39 Å². The summed E-state index contributed by atoms with van der Waals surface area (Å²) in [6.45, 7) is 0. The number of hydrogen-bond donors (Lipinski definition) is 1. The van der Waals surface area contributed by atoms with E-state index in [1.54, 1.807) is 18.2 Å². The molecule has 21 heavy (non-hydrogen) atoms. The number of methoxy groups -OCH3 is 1. The number of rotatable bonds is 4. The number of aliphatic hydroxyl groups is 1. The summed E-state index contributed by atoms with van der Waals surface area (Å²) in [6, 6.07) is 15.7. The second kappa shape index (κ2) is 5.68. The van der Waals surface area contributed by atoms with Gasteiger partial charge in [-0.1, -0.05) is 42.5 Å². The second-order valence-electron chi connectivity index (χ2n) is 4.82. The minimum atomic E-state index is -1.01. The van der Waals surface area contributed by atoms with Crippen LogP contribution in [0.4, 0.5) is 4.39 Å². The molecular formula is C17H15FO3. The molecule has 4 heteroatoms. The van der Waals surface area contributed by atoms with E-state index in [1.165, 1.54) is 13.2 Å². The average molecular weight is 286 g/mol. The van der Waals surface area contributed by atoms with Crippen molar-refractivity contribution < 1.29 is 18.7 Å². The van der Waals surface area contributed by atoms with Gasteiger partial charge in [0.25, 0.3) is 0 Å². The standard InChI is InChI=1S/C17H15FO3/c1-20-17(11-6-3-2-4-7-11)15(19)14-10-12-8-5-9-13(18)16(12)21-14/h2-10,15,17,19H,1H3. The lowest BCUT2D eigenvalue weighted by Gasteiger charge is -2.20. The number of hydrogen-bond acceptors (Lipinski definition) is 3. The summed E-state index contributed by atoms with van der Waals surface area (Å²) in [4.78, 5) is 0. The molecule has 0 amide bonds. The quantitative estimate of drug-likeness (QED) is 0.788. The molecule has 108 valence electrons. The summed E-state index contributed by atoms with van der Waals surface area (Å²) < 4.78 is 24.5. The SMILES string of the molecule is COC(c1ccccc1)C(O)c1cc2cccc(F)c2o1. The van der Waals surface area contributed by atoms with Crippen LogP contribution in [0.25, 0.3) is 11.0 Å². The van der Waals surface area contributed by atoms with Crippen molar-refractivity contribution in [3.63, 3.8) is 0 Å². The maximum Gasteiger partial charge on any atom is 0.170 e. The lowest BCUT2D eigenvalue weighted by atomic mass is 10.0. The Morgan fingerprint density at radius 3 is 2.52 bits per heavy atom. The number of fused-ring (bicyclic) bond motifs is 1. The molecule has 0 spiro atoms. The molecule has 0 aliphatic heterocycles. The van der Waals surface area contributed by atoms with Gasteiger partial charge in [-0.15, -0.1) is 0 Å². The Kier molecular flexibility index (Phi) is 3.73. The van der Waals surface area contributed by atoms with E-state index in [-0.39, 0.29) is 11.3 Å². The fraction of sp³-hybridized carbons (Fsp3) is 0.176. The van der Waals surface area contributed by atoms with Crippen LogP contribution in [-0.2, 0) is 4.74 Å². The molecule has 3 aromatic rings. The van der Waals surface area contributed by atoms with Crippen LogP contribution in [0, 0.1) is 5.82 Å². The zero-order valence-electron chi connectivity index (χ0n) is 11.5. The summed E-state index contributed by atoms with van der Waals surface area (Å²) in [7, 11) is 1.52. The van der Waals surface area contributed by atoms with Gasteiger partial charge in [0.2, 0.25) is 0 Å². The van der Waals surface area contributed by atoms with E-state index < -0.39 is 18.0 Å². The van der Waals surface area contributed by atoms with Crippen LogP contribution in [0.5, 0.6) is 0 Å². The number of halogens is 1. The van der Waals surface area contributed by atoms with Gasteiger partial charge in [-0.3, -0.25) is 0 Å². The first-order valence-corrected chi connectivity index (χ1v) is 6.64. The molecule has 1 heterocycles. The molecule has 0 saturated carbocycles. The van der Waals surface area contributed by atoms with Crippen molar-refractivity contribution in [2.24, 2.45) is 0 Å². The first kappa shape index (κ1) is 13.8. The van der Waals surface area contributed by atoms with Crippen molar-refractivity contribution >= 4 is 11.0 Å². The van der Waals surface area contributed by atoms with Crippen molar-refractivity contribution in [3.05, 3.63) is 71.7 Å². The van der Waals surface area contributed by atoms with Crippen LogP contribution < -0.4 is 0 Å². The molecule has 1 aromatic heterocycles. The maximum atomic E-state index is 13.7. The molecule has 0 aliphatic rings. The third-order valence-electron chi connectivity index (χ3n) is 3.48. The van der Waals surface area contributed by atoms with Crippen LogP contribution in [0.2, 0.25) is 0 Å². The summed E-state index contributed by atoms with van der Waals surface area (Å²) in [5.74, 6) is -0.162. The van der Waals surface area contributed by atoms with Crippen LogP contribution in [-0.4, -0.2) is 12.2 Å². The smallest absolute Gasteiger partial charge is 0.170 e.